The number of nitrogens with zero attached hydrogens (tertiary/aromatic N) is 1. The quantitative estimate of drug-likeness (QED) is 0.873. The maximum absolute atomic E-state index is 3.85. The highest BCUT2D eigenvalue weighted by Gasteiger charge is 2.28. The van der Waals surface area contributed by atoms with Crippen molar-refractivity contribution in [3.63, 3.8) is 0 Å². The summed E-state index contributed by atoms with van der Waals surface area (Å²) in [5.41, 5.74) is 1.44. The molecule has 0 amide bonds. The first-order valence-electron chi connectivity index (χ1n) is 7.83. The lowest BCUT2D eigenvalue weighted by atomic mass is 9.80. The van der Waals surface area contributed by atoms with E-state index in [1.807, 2.05) is 0 Å². The van der Waals surface area contributed by atoms with E-state index in [4.69, 9.17) is 0 Å². The summed E-state index contributed by atoms with van der Waals surface area (Å²) in [6.07, 6.45) is 5.63. The SMILES string of the molecule is CC(NC1CCN(Cc2ccccc2)C1)C1CCC1. The van der Waals surface area contributed by atoms with Crippen LogP contribution in [0.3, 0.4) is 0 Å². The van der Waals surface area contributed by atoms with Crippen LogP contribution in [-0.4, -0.2) is 30.1 Å². The van der Waals surface area contributed by atoms with Crippen LogP contribution in [0.15, 0.2) is 30.3 Å². The second-order valence-electron chi connectivity index (χ2n) is 6.35. The highest BCUT2D eigenvalue weighted by atomic mass is 15.2. The summed E-state index contributed by atoms with van der Waals surface area (Å²) in [5.74, 6) is 0.947. The Balaban J connectivity index is 1.44. The summed E-state index contributed by atoms with van der Waals surface area (Å²) in [7, 11) is 0. The molecule has 2 nitrogen and oxygen atoms in total. The van der Waals surface area contributed by atoms with Gasteiger partial charge in [-0.15, -0.1) is 0 Å². The maximum Gasteiger partial charge on any atom is 0.0234 e. The van der Waals surface area contributed by atoms with Gasteiger partial charge in [0.25, 0.3) is 0 Å². The summed E-state index contributed by atoms with van der Waals surface area (Å²) in [6, 6.07) is 12.3. The van der Waals surface area contributed by atoms with E-state index in [0.717, 1.165) is 18.5 Å². The Hall–Kier alpha value is -0.860. The van der Waals surface area contributed by atoms with Crippen molar-refractivity contribution in [2.75, 3.05) is 13.1 Å². The largest absolute Gasteiger partial charge is 0.310 e. The molecule has 1 saturated carbocycles. The van der Waals surface area contributed by atoms with Crippen LogP contribution in [0.2, 0.25) is 0 Å². The molecule has 1 aliphatic carbocycles. The van der Waals surface area contributed by atoms with Crippen molar-refractivity contribution >= 4 is 0 Å². The third kappa shape index (κ3) is 3.37. The molecule has 2 atom stereocenters. The number of likely N-dealkylation sites (tertiary alicyclic amines) is 1. The third-order valence-electron chi connectivity index (χ3n) is 4.88. The van der Waals surface area contributed by atoms with Crippen molar-refractivity contribution in [2.24, 2.45) is 5.92 Å². The van der Waals surface area contributed by atoms with Crippen LogP contribution in [0.1, 0.15) is 38.2 Å². The molecule has 1 N–H and O–H groups in total. The van der Waals surface area contributed by atoms with Crippen molar-refractivity contribution in [2.45, 2.75) is 51.2 Å². The van der Waals surface area contributed by atoms with Gasteiger partial charge in [-0.3, -0.25) is 4.90 Å². The van der Waals surface area contributed by atoms with Crippen LogP contribution in [0, 0.1) is 5.92 Å². The fourth-order valence-electron chi connectivity index (χ4n) is 3.40. The maximum atomic E-state index is 3.85. The van der Waals surface area contributed by atoms with Gasteiger partial charge in [-0.25, -0.2) is 0 Å². The van der Waals surface area contributed by atoms with Crippen LogP contribution in [-0.2, 0) is 6.54 Å². The Morgan fingerprint density at radius 1 is 1.21 bits per heavy atom. The highest BCUT2D eigenvalue weighted by Crippen LogP contribution is 2.30. The molecule has 104 valence electrons. The predicted molar refractivity (Wildman–Crippen MR) is 80.1 cm³/mol. The second-order valence-corrected chi connectivity index (χ2v) is 6.35. The van der Waals surface area contributed by atoms with Crippen LogP contribution < -0.4 is 5.32 Å². The van der Waals surface area contributed by atoms with Crippen molar-refractivity contribution in [3.05, 3.63) is 35.9 Å². The van der Waals surface area contributed by atoms with Crippen LogP contribution in [0.25, 0.3) is 0 Å². The minimum Gasteiger partial charge on any atom is -0.310 e. The normalized spacial score (nSPS) is 26.3. The van der Waals surface area contributed by atoms with Gasteiger partial charge in [-0.05, 0) is 37.7 Å². The average molecular weight is 258 g/mol. The van der Waals surface area contributed by atoms with Gasteiger partial charge in [0.2, 0.25) is 0 Å². The van der Waals surface area contributed by atoms with Gasteiger partial charge in [0, 0.05) is 31.7 Å². The molecule has 0 radical (unpaired) electrons. The summed E-state index contributed by atoms with van der Waals surface area (Å²) < 4.78 is 0. The number of hydrogen-bond donors (Lipinski definition) is 1. The molecular weight excluding hydrogens is 232 g/mol. The predicted octanol–water partition coefficient (Wildman–Crippen LogP) is 3.04. The van der Waals surface area contributed by atoms with Gasteiger partial charge in [-0.2, -0.15) is 0 Å². The molecule has 2 aliphatic rings. The molecule has 2 fully saturated rings. The molecule has 1 aliphatic heterocycles. The molecule has 1 saturated heterocycles. The Kier molecular flexibility index (Phi) is 4.19. The van der Waals surface area contributed by atoms with E-state index in [1.165, 1.54) is 44.3 Å². The molecular formula is C17H26N2. The van der Waals surface area contributed by atoms with E-state index >= 15 is 0 Å². The first kappa shape index (κ1) is 13.1. The zero-order valence-electron chi connectivity index (χ0n) is 12.0. The third-order valence-corrected chi connectivity index (χ3v) is 4.88. The zero-order valence-corrected chi connectivity index (χ0v) is 12.0. The summed E-state index contributed by atoms with van der Waals surface area (Å²) in [6.45, 7) is 5.94. The van der Waals surface area contributed by atoms with E-state index < -0.39 is 0 Å². The Morgan fingerprint density at radius 2 is 2.00 bits per heavy atom. The van der Waals surface area contributed by atoms with Crippen LogP contribution in [0.5, 0.6) is 0 Å². The Bertz CT molecular complexity index is 386. The van der Waals surface area contributed by atoms with E-state index in [-0.39, 0.29) is 0 Å². The number of nitrogens with one attached hydrogen (secondary N) is 1. The minimum atomic E-state index is 0.708. The fourth-order valence-corrected chi connectivity index (χ4v) is 3.40. The molecule has 1 aromatic carbocycles. The molecule has 1 aromatic rings. The van der Waals surface area contributed by atoms with Gasteiger partial charge in [0.15, 0.2) is 0 Å². The molecule has 0 spiro atoms. The molecule has 2 unspecified atom stereocenters. The first-order valence-corrected chi connectivity index (χ1v) is 7.83. The minimum absolute atomic E-state index is 0.708. The summed E-state index contributed by atoms with van der Waals surface area (Å²) in [5, 5.41) is 3.85. The van der Waals surface area contributed by atoms with Crippen molar-refractivity contribution in [1.82, 2.24) is 10.2 Å². The number of rotatable bonds is 5. The zero-order chi connectivity index (χ0) is 13.1. The summed E-state index contributed by atoms with van der Waals surface area (Å²) in [4.78, 5) is 2.58. The van der Waals surface area contributed by atoms with Crippen molar-refractivity contribution < 1.29 is 0 Å². The van der Waals surface area contributed by atoms with Gasteiger partial charge >= 0.3 is 0 Å². The highest BCUT2D eigenvalue weighted by molar-refractivity contribution is 5.14. The lowest BCUT2D eigenvalue weighted by Gasteiger charge is -2.34. The standard InChI is InChI=1S/C17H26N2/c1-14(16-8-5-9-16)18-17-10-11-19(13-17)12-15-6-3-2-4-7-15/h2-4,6-7,14,16-18H,5,8-13H2,1H3. The Labute approximate surface area is 117 Å². The first-order chi connectivity index (χ1) is 9.31. The molecule has 0 aromatic heterocycles. The van der Waals surface area contributed by atoms with E-state index in [2.05, 4.69) is 47.5 Å². The lowest BCUT2D eigenvalue weighted by molar-refractivity contribution is 0.223. The van der Waals surface area contributed by atoms with Gasteiger partial charge in [0.1, 0.15) is 0 Å². The van der Waals surface area contributed by atoms with E-state index in [1.54, 1.807) is 0 Å². The number of benzene rings is 1. The Morgan fingerprint density at radius 3 is 2.68 bits per heavy atom. The van der Waals surface area contributed by atoms with Gasteiger partial charge in [-0.1, -0.05) is 36.8 Å². The smallest absolute Gasteiger partial charge is 0.0234 e. The monoisotopic (exact) mass is 258 g/mol. The molecule has 2 heteroatoms. The number of hydrogen-bond acceptors (Lipinski definition) is 2. The van der Waals surface area contributed by atoms with Crippen LogP contribution in [0.4, 0.5) is 0 Å². The lowest BCUT2D eigenvalue weighted by Crippen LogP contribution is -2.44. The van der Waals surface area contributed by atoms with Gasteiger partial charge < -0.3 is 5.32 Å². The van der Waals surface area contributed by atoms with E-state index in [9.17, 15) is 0 Å². The molecule has 0 bridgehead atoms. The van der Waals surface area contributed by atoms with Gasteiger partial charge in [0.05, 0.1) is 0 Å². The second kappa shape index (κ2) is 6.06. The van der Waals surface area contributed by atoms with Crippen LogP contribution >= 0.6 is 0 Å². The topological polar surface area (TPSA) is 15.3 Å². The molecule has 19 heavy (non-hydrogen) atoms. The average Bonchev–Trinajstić information content (AvgIpc) is 2.75. The van der Waals surface area contributed by atoms with Crippen molar-refractivity contribution in [1.29, 1.82) is 0 Å². The molecule has 1 heterocycles. The van der Waals surface area contributed by atoms with Crippen molar-refractivity contribution in [3.8, 4) is 0 Å². The molecule has 3 rings (SSSR count). The van der Waals surface area contributed by atoms with E-state index in [0.29, 0.717) is 6.04 Å². The summed E-state index contributed by atoms with van der Waals surface area (Å²) >= 11 is 0. The fraction of sp³-hybridized carbons (Fsp3) is 0.647.